The first kappa shape index (κ1) is 17.5. The average molecular weight is 359 g/mol. The van der Waals surface area contributed by atoms with E-state index in [1.807, 2.05) is 0 Å². The number of amides is 2. The summed E-state index contributed by atoms with van der Waals surface area (Å²) in [4.78, 5) is 29.0. The molecule has 2 amide bonds. The lowest BCUT2D eigenvalue weighted by Gasteiger charge is -2.15. The molecule has 0 spiro atoms. The van der Waals surface area contributed by atoms with Crippen LogP contribution in [-0.2, 0) is 14.3 Å². The van der Waals surface area contributed by atoms with Gasteiger partial charge in [0, 0.05) is 24.3 Å². The lowest BCUT2D eigenvalue weighted by Crippen LogP contribution is -2.39. The first-order valence-electron chi connectivity index (χ1n) is 6.37. The van der Waals surface area contributed by atoms with Crippen molar-refractivity contribution in [1.82, 2.24) is 15.2 Å². The Morgan fingerprint density at radius 2 is 2.05 bits per heavy atom. The number of hydrogen-bond acceptors (Lipinski definition) is 5. The second-order valence-electron chi connectivity index (χ2n) is 4.42. The minimum atomic E-state index is -0.225. The number of carbonyl (C=O) groups excluding carboxylic acids is 2. The van der Waals surface area contributed by atoms with Crippen LogP contribution in [0.2, 0.25) is 0 Å². The highest BCUT2D eigenvalue weighted by atomic mass is 79.9. The maximum Gasteiger partial charge on any atom is 0.239 e. The summed E-state index contributed by atoms with van der Waals surface area (Å²) in [5.41, 5.74) is 0. The Morgan fingerprint density at radius 3 is 2.67 bits per heavy atom. The molecule has 21 heavy (non-hydrogen) atoms. The highest BCUT2D eigenvalue weighted by molar-refractivity contribution is 9.10. The maximum absolute atomic E-state index is 11.8. The molecule has 0 atom stereocenters. The van der Waals surface area contributed by atoms with E-state index in [1.165, 1.54) is 0 Å². The van der Waals surface area contributed by atoms with Crippen LogP contribution in [0.5, 0.6) is 0 Å². The molecule has 0 saturated carbocycles. The third-order valence-electron chi connectivity index (χ3n) is 2.45. The van der Waals surface area contributed by atoms with E-state index in [0.717, 1.165) is 4.47 Å². The van der Waals surface area contributed by atoms with Crippen LogP contribution >= 0.6 is 15.9 Å². The van der Waals surface area contributed by atoms with Gasteiger partial charge in [0.25, 0.3) is 0 Å². The standard InChI is InChI=1S/C13H19BrN4O3/c1-18(8-12(19)15-5-6-21-2)9-13(20)17-11-4-3-10(14)7-16-11/h3-4,7H,5-6,8-9H2,1-2H3,(H,15,19)(H,16,17,20). The summed E-state index contributed by atoms with van der Waals surface area (Å²) in [6.45, 7) is 1.17. The van der Waals surface area contributed by atoms with Crippen LogP contribution in [0.4, 0.5) is 5.82 Å². The van der Waals surface area contributed by atoms with Crippen molar-refractivity contribution < 1.29 is 14.3 Å². The molecule has 0 saturated heterocycles. The zero-order valence-electron chi connectivity index (χ0n) is 12.1. The highest BCUT2D eigenvalue weighted by Gasteiger charge is 2.11. The molecule has 8 heteroatoms. The molecular formula is C13H19BrN4O3. The average Bonchev–Trinajstić information content (AvgIpc) is 2.41. The summed E-state index contributed by atoms with van der Waals surface area (Å²) in [5, 5.41) is 5.35. The Balaban J connectivity index is 2.30. The highest BCUT2D eigenvalue weighted by Crippen LogP contribution is 2.10. The van der Waals surface area contributed by atoms with Gasteiger partial charge in [0.2, 0.25) is 11.8 Å². The molecule has 0 unspecified atom stereocenters. The SMILES string of the molecule is COCCNC(=O)CN(C)CC(=O)Nc1ccc(Br)cn1. The predicted octanol–water partition coefficient (Wildman–Crippen LogP) is 0.477. The van der Waals surface area contributed by atoms with Gasteiger partial charge in [0.05, 0.1) is 19.7 Å². The molecule has 0 bridgehead atoms. The summed E-state index contributed by atoms with van der Waals surface area (Å²) in [5.74, 6) is 0.0993. The lowest BCUT2D eigenvalue weighted by molar-refractivity contribution is -0.123. The van der Waals surface area contributed by atoms with E-state index in [0.29, 0.717) is 19.0 Å². The fourth-order valence-electron chi connectivity index (χ4n) is 1.53. The van der Waals surface area contributed by atoms with Crippen molar-refractivity contribution in [3.05, 3.63) is 22.8 Å². The van der Waals surface area contributed by atoms with Gasteiger partial charge in [-0.05, 0) is 35.1 Å². The first-order chi connectivity index (χ1) is 10.0. The molecule has 0 aliphatic rings. The number of ether oxygens (including phenoxy) is 1. The molecule has 0 aliphatic carbocycles. The summed E-state index contributed by atoms with van der Waals surface area (Å²) < 4.78 is 5.67. The Kier molecular flexibility index (Phi) is 7.88. The Morgan fingerprint density at radius 1 is 1.33 bits per heavy atom. The molecule has 1 aromatic rings. The molecule has 0 aromatic carbocycles. The number of likely N-dealkylation sites (N-methyl/N-ethyl adjacent to an activating group) is 1. The van der Waals surface area contributed by atoms with Crippen LogP contribution in [0.15, 0.2) is 22.8 Å². The normalized spacial score (nSPS) is 10.5. The van der Waals surface area contributed by atoms with Gasteiger partial charge in [-0.1, -0.05) is 0 Å². The minimum absolute atomic E-state index is 0.107. The van der Waals surface area contributed by atoms with Crippen LogP contribution < -0.4 is 10.6 Å². The van der Waals surface area contributed by atoms with Crippen molar-refractivity contribution in [2.75, 3.05) is 45.7 Å². The second kappa shape index (κ2) is 9.43. The van der Waals surface area contributed by atoms with Crippen molar-refractivity contribution in [2.24, 2.45) is 0 Å². The molecule has 0 radical (unpaired) electrons. The number of halogens is 1. The van der Waals surface area contributed by atoms with Gasteiger partial charge >= 0.3 is 0 Å². The topological polar surface area (TPSA) is 83.6 Å². The van der Waals surface area contributed by atoms with Crippen LogP contribution in [0.1, 0.15) is 0 Å². The molecule has 1 rings (SSSR count). The summed E-state index contributed by atoms with van der Waals surface area (Å²) >= 11 is 3.27. The van der Waals surface area contributed by atoms with E-state index in [-0.39, 0.29) is 24.9 Å². The van der Waals surface area contributed by atoms with Crippen molar-refractivity contribution in [1.29, 1.82) is 0 Å². The van der Waals surface area contributed by atoms with Crippen molar-refractivity contribution >= 4 is 33.6 Å². The van der Waals surface area contributed by atoms with Gasteiger partial charge in [-0.25, -0.2) is 4.98 Å². The Bertz CT molecular complexity index is 467. The van der Waals surface area contributed by atoms with Crippen molar-refractivity contribution in [3.8, 4) is 0 Å². The van der Waals surface area contributed by atoms with Crippen LogP contribution in [0.3, 0.4) is 0 Å². The Labute approximate surface area is 132 Å². The number of carbonyl (C=O) groups is 2. The molecule has 7 nitrogen and oxygen atoms in total. The van der Waals surface area contributed by atoms with E-state index in [4.69, 9.17) is 4.74 Å². The van der Waals surface area contributed by atoms with Gasteiger partial charge in [0.15, 0.2) is 0 Å². The smallest absolute Gasteiger partial charge is 0.239 e. The third kappa shape index (κ3) is 7.74. The van der Waals surface area contributed by atoms with E-state index in [9.17, 15) is 9.59 Å². The number of pyridine rings is 1. The summed E-state index contributed by atoms with van der Waals surface area (Å²) in [6.07, 6.45) is 1.60. The molecule has 1 heterocycles. The molecular weight excluding hydrogens is 340 g/mol. The zero-order valence-corrected chi connectivity index (χ0v) is 13.6. The first-order valence-corrected chi connectivity index (χ1v) is 7.16. The number of anilines is 1. The van der Waals surface area contributed by atoms with E-state index in [2.05, 4.69) is 31.5 Å². The van der Waals surface area contributed by atoms with Gasteiger partial charge in [-0.2, -0.15) is 0 Å². The largest absolute Gasteiger partial charge is 0.383 e. The quantitative estimate of drug-likeness (QED) is 0.660. The summed E-state index contributed by atoms with van der Waals surface area (Å²) in [7, 11) is 3.27. The number of methoxy groups -OCH3 is 1. The van der Waals surface area contributed by atoms with E-state index in [1.54, 1.807) is 37.4 Å². The second-order valence-corrected chi connectivity index (χ2v) is 5.34. The number of nitrogens with zero attached hydrogens (tertiary/aromatic N) is 2. The van der Waals surface area contributed by atoms with Crippen LogP contribution in [0.25, 0.3) is 0 Å². The summed E-state index contributed by atoms with van der Waals surface area (Å²) in [6, 6.07) is 3.48. The molecule has 116 valence electrons. The van der Waals surface area contributed by atoms with Gasteiger partial charge in [-0.3, -0.25) is 14.5 Å². The number of aromatic nitrogens is 1. The number of rotatable bonds is 8. The monoisotopic (exact) mass is 358 g/mol. The van der Waals surface area contributed by atoms with E-state index < -0.39 is 0 Å². The van der Waals surface area contributed by atoms with Gasteiger partial charge in [-0.15, -0.1) is 0 Å². The maximum atomic E-state index is 11.8. The predicted molar refractivity (Wildman–Crippen MR) is 82.9 cm³/mol. The minimum Gasteiger partial charge on any atom is -0.383 e. The fourth-order valence-corrected chi connectivity index (χ4v) is 1.76. The van der Waals surface area contributed by atoms with Crippen LogP contribution in [-0.4, -0.2) is 62.1 Å². The van der Waals surface area contributed by atoms with Crippen molar-refractivity contribution in [3.63, 3.8) is 0 Å². The number of nitrogens with one attached hydrogen (secondary N) is 2. The molecule has 0 aliphatic heterocycles. The molecule has 0 fully saturated rings. The van der Waals surface area contributed by atoms with Crippen molar-refractivity contribution in [2.45, 2.75) is 0 Å². The zero-order chi connectivity index (χ0) is 15.7. The lowest BCUT2D eigenvalue weighted by atomic mass is 10.4. The van der Waals surface area contributed by atoms with Crippen LogP contribution in [0, 0.1) is 0 Å². The van der Waals surface area contributed by atoms with Gasteiger partial charge in [0.1, 0.15) is 5.82 Å². The Hall–Kier alpha value is -1.51. The van der Waals surface area contributed by atoms with Gasteiger partial charge < -0.3 is 15.4 Å². The van der Waals surface area contributed by atoms with E-state index >= 15 is 0 Å². The molecule has 2 N–H and O–H groups in total. The number of hydrogen-bond donors (Lipinski definition) is 2. The third-order valence-corrected chi connectivity index (χ3v) is 2.92. The fraction of sp³-hybridized carbons (Fsp3) is 0.462. The molecule has 1 aromatic heterocycles.